The quantitative estimate of drug-likeness (QED) is 0.444. The van der Waals surface area contributed by atoms with Gasteiger partial charge in [-0.2, -0.15) is 0 Å². The maximum absolute atomic E-state index is 11.9. The normalized spacial score (nSPS) is 44.2. The number of aromatic carboxylic acids is 1. The van der Waals surface area contributed by atoms with E-state index in [1.165, 1.54) is 32.0 Å². The van der Waals surface area contributed by atoms with E-state index in [1.54, 1.807) is 6.20 Å². The number of fused-ring (bicyclic) bond motifs is 5. The highest BCUT2D eigenvalue weighted by molar-refractivity contribution is 5.89. The Labute approximate surface area is 222 Å². The van der Waals surface area contributed by atoms with Crippen LogP contribution in [0.4, 0.5) is 0 Å². The third-order valence-electron chi connectivity index (χ3n) is 11.9. The van der Waals surface area contributed by atoms with E-state index in [1.807, 2.05) is 6.08 Å². The van der Waals surface area contributed by atoms with Gasteiger partial charge < -0.3 is 15.3 Å². The van der Waals surface area contributed by atoms with Crippen molar-refractivity contribution in [3.05, 3.63) is 29.9 Å². The van der Waals surface area contributed by atoms with E-state index in [-0.39, 0.29) is 28.7 Å². The smallest absolute Gasteiger partial charge is 0.355 e. The van der Waals surface area contributed by atoms with Crippen LogP contribution in [-0.4, -0.2) is 43.5 Å². The molecule has 0 aromatic carbocycles. The highest BCUT2D eigenvalue weighted by Gasteiger charge is 2.64. The summed E-state index contributed by atoms with van der Waals surface area (Å²) in [6.07, 6.45) is 15.9. The monoisotopic (exact) mass is 510 g/mol. The summed E-state index contributed by atoms with van der Waals surface area (Å²) in [5.74, 6) is 2.25. The number of allylic oxidation sites excluding steroid dienone is 1. The van der Waals surface area contributed by atoms with Gasteiger partial charge in [0.2, 0.25) is 0 Å². The Balaban J connectivity index is 1.34. The lowest BCUT2D eigenvalue weighted by atomic mass is 9.41. The molecule has 1 aromatic rings. The summed E-state index contributed by atoms with van der Waals surface area (Å²) in [4.78, 5) is 19.4. The topological polar surface area (TPSA) is 104 Å². The van der Waals surface area contributed by atoms with Crippen molar-refractivity contribution in [1.82, 2.24) is 9.97 Å². The number of hydrogen-bond acceptors (Lipinski definition) is 5. The van der Waals surface area contributed by atoms with Crippen molar-refractivity contribution in [3.8, 4) is 0 Å². The molecule has 4 aliphatic carbocycles. The molecule has 3 N–H and O–H groups in total. The Hall–Kier alpha value is -1.79. The number of aliphatic hydroxyl groups is 2. The van der Waals surface area contributed by atoms with Crippen LogP contribution in [0.1, 0.15) is 102 Å². The van der Waals surface area contributed by atoms with Gasteiger partial charge in [-0.15, -0.1) is 0 Å². The van der Waals surface area contributed by atoms with Crippen molar-refractivity contribution in [1.29, 1.82) is 0 Å². The Bertz CT molecular complexity index is 1030. The SMILES string of the molecule is CC[C@H]1[C@@H](O)C2C3CCC([C@H](C)C/C=C/c4cncnc4C(=O)O)[C@@]3(C)CCC2[C@@]2(C)CC[C@@H](O)C[C@@H]12. The molecule has 0 radical (unpaired) electrons. The van der Waals surface area contributed by atoms with Crippen molar-refractivity contribution < 1.29 is 20.1 Å². The molecule has 11 atom stereocenters. The Morgan fingerprint density at radius 2 is 1.84 bits per heavy atom. The first kappa shape index (κ1) is 26.8. The summed E-state index contributed by atoms with van der Waals surface area (Å²) in [5.41, 5.74) is 1.06. The molecule has 4 fully saturated rings. The van der Waals surface area contributed by atoms with Crippen molar-refractivity contribution in [2.24, 2.45) is 52.3 Å². The number of hydrogen-bond donors (Lipinski definition) is 3. The molecule has 4 saturated carbocycles. The average Bonchev–Trinajstić information content (AvgIpc) is 3.22. The van der Waals surface area contributed by atoms with Gasteiger partial charge in [-0.25, -0.2) is 14.8 Å². The molecule has 6 heteroatoms. The minimum atomic E-state index is -1.03. The molecule has 6 nitrogen and oxygen atoms in total. The third-order valence-corrected chi connectivity index (χ3v) is 11.9. The van der Waals surface area contributed by atoms with Gasteiger partial charge in [0.25, 0.3) is 0 Å². The Kier molecular flexibility index (Phi) is 7.29. The first-order chi connectivity index (χ1) is 17.6. The highest BCUT2D eigenvalue weighted by Crippen LogP contribution is 2.69. The number of aromatic nitrogens is 2. The molecule has 0 amide bonds. The van der Waals surface area contributed by atoms with Gasteiger partial charge in [0.05, 0.1) is 12.2 Å². The molecule has 1 aromatic heterocycles. The number of carbonyl (C=O) groups is 1. The van der Waals surface area contributed by atoms with E-state index < -0.39 is 5.97 Å². The number of rotatable bonds is 6. The van der Waals surface area contributed by atoms with Gasteiger partial charge in [-0.05, 0) is 104 Å². The van der Waals surface area contributed by atoms with Crippen molar-refractivity contribution in [3.63, 3.8) is 0 Å². The zero-order valence-corrected chi connectivity index (χ0v) is 23.0. The molecule has 0 aliphatic heterocycles. The zero-order chi connectivity index (χ0) is 26.5. The Morgan fingerprint density at radius 1 is 1.11 bits per heavy atom. The number of carboxylic acid groups (broad SMARTS) is 1. The zero-order valence-electron chi connectivity index (χ0n) is 23.0. The van der Waals surface area contributed by atoms with Crippen LogP contribution in [-0.2, 0) is 0 Å². The van der Waals surface area contributed by atoms with E-state index in [0.29, 0.717) is 47.0 Å². The molecule has 5 rings (SSSR count). The molecule has 0 bridgehead atoms. The van der Waals surface area contributed by atoms with E-state index in [2.05, 4.69) is 43.7 Å². The molecule has 204 valence electrons. The molecule has 1 heterocycles. The summed E-state index contributed by atoms with van der Waals surface area (Å²) in [5, 5.41) is 31.8. The van der Waals surface area contributed by atoms with E-state index in [9.17, 15) is 20.1 Å². The predicted molar refractivity (Wildman–Crippen MR) is 144 cm³/mol. The average molecular weight is 511 g/mol. The fourth-order valence-electron chi connectivity index (χ4n) is 10.1. The van der Waals surface area contributed by atoms with Crippen LogP contribution in [0.15, 0.2) is 18.6 Å². The van der Waals surface area contributed by atoms with Crippen LogP contribution < -0.4 is 0 Å². The van der Waals surface area contributed by atoms with Crippen LogP contribution in [0.3, 0.4) is 0 Å². The summed E-state index contributed by atoms with van der Waals surface area (Å²) >= 11 is 0. The van der Waals surface area contributed by atoms with Gasteiger partial charge in [0.1, 0.15) is 6.33 Å². The summed E-state index contributed by atoms with van der Waals surface area (Å²) in [6, 6.07) is 0. The molecule has 0 saturated heterocycles. The van der Waals surface area contributed by atoms with Gasteiger partial charge in [-0.3, -0.25) is 0 Å². The number of nitrogens with zero attached hydrogens (tertiary/aromatic N) is 2. The van der Waals surface area contributed by atoms with Gasteiger partial charge in [0, 0.05) is 11.8 Å². The molecule has 4 unspecified atom stereocenters. The summed E-state index contributed by atoms with van der Waals surface area (Å²) < 4.78 is 0. The van der Waals surface area contributed by atoms with E-state index in [4.69, 9.17) is 0 Å². The van der Waals surface area contributed by atoms with Crippen LogP contribution in [0.25, 0.3) is 6.08 Å². The van der Waals surface area contributed by atoms with Crippen molar-refractivity contribution in [2.75, 3.05) is 0 Å². The first-order valence-corrected chi connectivity index (χ1v) is 14.7. The molecular formula is C31H46N2O4. The molecular weight excluding hydrogens is 464 g/mol. The van der Waals surface area contributed by atoms with E-state index >= 15 is 0 Å². The first-order valence-electron chi connectivity index (χ1n) is 14.7. The lowest BCUT2D eigenvalue weighted by molar-refractivity contribution is -0.203. The van der Waals surface area contributed by atoms with E-state index in [0.717, 1.165) is 32.1 Å². The third kappa shape index (κ3) is 4.36. The van der Waals surface area contributed by atoms with Crippen LogP contribution >= 0.6 is 0 Å². The van der Waals surface area contributed by atoms with Crippen molar-refractivity contribution in [2.45, 2.75) is 97.7 Å². The minimum Gasteiger partial charge on any atom is -0.476 e. The second-order valence-electron chi connectivity index (χ2n) is 13.4. The van der Waals surface area contributed by atoms with Crippen molar-refractivity contribution >= 4 is 12.0 Å². The molecule has 37 heavy (non-hydrogen) atoms. The second kappa shape index (κ2) is 10.1. The minimum absolute atomic E-state index is 0.0453. The largest absolute Gasteiger partial charge is 0.476 e. The number of aliphatic hydroxyl groups excluding tert-OH is 2. The van der Waals surface area contributed by atoms with Gasteiger partial charge in [-0.1, -0.05) is 46.3 Å². The Morgan fingerprint density at radius 3 is 2.57 bits per heavy atom. The van der Waals surface area contributed by atoms with Crippen LogP contribution in [0.2, 0.25) is 0 Å². The number of carboxylic acids is 1. The fourth-order valence-corrected chi connectivity index (χ4v) is 10.1. The lowest BCUT2D eigenvalue weighted by Crippen LogP contribution is -2.62. The fraction of sp³-hybridized carbons (Fsp3) is 0.774. The molecule has 0 spiro atoms. The molecule has 4 aliphatic rings. The second-order valence-corrected chi connectivity index (χ2v) is 13.4. The van der Waals surface area contributed by atoms with Crippen LogP contribution in [0, 0.1) is 52.3 Å². The lowest BCUT2D eigenvalue weighted by Gasteiger charge is -2.64. The van der Waals surface area contributed by atoms with Gasteiger partial charge in [0.15, 0.2) is 5.69 Å². The van der Waals surface area contributed by atoms with Crippen LogP contribution in [0.5, 0.6) is 0 Å². The summed E-state index contributed by atoms with van der Waals surface area (Å²) in [6.45, 7) is 9.58. The highest BCUT2D eigenvalue weighted by atomic mass is 16.4. The maximum atomic E-state index is 11.9. The van der Waals surface area contributed by atoms with Gasteiger partial charge >= 0.3 is 5.97 Å². The maximum Gasteiger partial charge on any atom is 0.355 e. The standard InChI is InChI=1S/C31H46N2O4/c1-5-21-25-15-20(34)11-13-31(25,4)24-12-14-30(3)22(9-10-23(30)26(24)28(21)35)18(2)7-6-8-19-16-32-17-33-27(19)29(36)37/h6,8,16-18,20-26,28,34-35H,5,7,9-15H2,1-4H3,(H,36,37)/b8-6+/t18-,20-,21-,22?,23?,24?,25+,26?,28-,30-,31-/m1/s1. The predicted octanol–water partition coefficient (Wildman–Crippen LogP) is 5.84. The summed E-state index contributed by atoms with van der Waals surface area (Å²) in [7, 11) is 0.